The summed E-state index contributed by atoms with van der Waals surface area (Å²) in [6.45, 7) is 0. The molecule has 2 unspecified atom stereocenters. The predicted octanol–water partition coefficient (Wildman–Crippen LogP) is 1.28. The largest absolute Gasteiger partial charge is 0.265 e. The van der Waals surface area contributed by atoms with E-state index in [-0.39, 0.29) is 0 Å². The molecule has 0 aliphatic carbocycles. The lowest BCUT2D eigenvalue weighted by molar-refractivity contribution is 0.0688. The Kier molecular flexibility index (Phi) is 4.54. The molecule has 0 N–H and O–H groups in total. The van der Waals surface area contributed by atoms with Gasteiger partial charge in [0, 0.05) is 0 Å². The van der Waals surface area contributed by atoms with Crippen molar-refractivity contribution in [2.75, 3.05) is 0 Å². The standard InChI is InChI=1S/C4H6F6Si/c5-1(6)3(9)11-4(10)2(7)8/h1-4H,11H2. The molecule has 0 fully saturated rings. The third-order valence-electron chi connectivity index (χ3n) is 0.997. The SMILES string of the molecule is FC(F)C(F)[SiH2]C(F)C(F)F. The van der Waals surface area contributed by atoms with Crippen molar-refractivity contribution in [2.45, 2.75) is 24.4 Å². The van der Waals surface area contributed by atoms with Crippen molar-refractivity contribution in [2.24, 2.45) is 0 Å². The van der Waals surface area contributed by atoms with Gasteiger partial charge in [-0.3, -0.25) is 0 Å². The lowest BCUT2D eigenvalue weighted by atomic mass is 10.8. The summed E-state index contributed by atoms with van der Waals surface area (Å²) in [4.78, 5) is 0. The minimum absolute atomic E-state index is 2.67. The van der Waals surface area contributed by atoms with E-state index in [2.05, 4.69) is 0 Å². The van der Waals surface area contributed by atoms with Crippen molar-refractivity contribution < 1.29 is 26.3 Å². The van der Waals surface area contributed by atoms with E-state index in [1.54, 1.807) is 0 Å². The van der Waals surface area contributed by atoms with Gasteiger partial charge in [-0.1, -0.05) is 0 Å². The van der Waals surface area contributed by atoms with Crippen molar-refractivity contribution in [3.05, 3.63) is 0 Å². The molecule has 0 aliphatic rings. The van der Waals surface area contributed by atoms with E-state index in [9.17, 15) is 26.3 Å². The van der Waals surface area contributed by atoms with Crippen molar-refractivity contribution in [3.63, 3.8) is 0 Å². The molecule has 68 valence electrons. The third-order valence-corrected chi connectivity index (χ3v) is 2.61. The highest BCUT2D eigenvalue weighted by Crippen LogP contribution is 2.11. The first-order chi connectivity index (χ1) is 4.95. The molecule has 11 heavy (non-hydrogen) atoms. The molecule has 0 aromatic carbocycles. The topological polar surface area (TPSA) is 0 Å². The average Bonchev–Trinajstić information content (AvgIpc) is 1.87. The molecule has 0 aliphatic heterocycles. The fourth-order valence-corrected chi connectivity index (χ4v) is 1.26. The first-order valence-corrected chi connectivity index (χ1v) is 4.43. The highest BCUT2D eigenvalue weighted by atomic mass is 28.2. The van der Waals surface area contributed by atoms with E-state index < -0.39 is 34.0 Å². The molecule has 0 bridgehead atoms. The Morgan fingerprint density at radius 2 is 0.909 bits per heavy atom. The lowest BCUT2D eigenvalue weighted by Gasteiger charge is -2.08. The zero-order valence-corrected chi connectivity index (χ0v) is 6.70. The fraction of sp³-hybridized carbons (Fsp3) is 1.00. The van der Waals surface area contributed by atoms with Crippen LogP contribution in [0.4, 0.5) is 26.3 Å². The van der Waals surface area contributed by atoms with Crippen LogP contribution in [0, 0.1) is 0 Å². The van der Waals surface area contributed by atoms with Gasteiger partial charge in [-0.05, 0) is 0 Å². The van der Waals surface area contributed by atoms with Crippen LogP contribution in [0.5, 0.6) is 0 Å². The summed E-state index contributed by atoms with van der Waals surface area (Å²) < 4.78 is 69.0. The maximum atomic E-state index is 11.9. The molecule has 0 saturated heterocycles. The van der Waals surface area contributed by atoms with Gasteiger partial charge < -0.3 is 0 Å². The van der Waals surface area contributed by atoms with E-state index in [0.29, 0.717) is 0 Å². The van der Waals surface area contributed by atoms with Gasteiger partial charge in [-0.15, -0.1) is 0 Å². The van der Waals surface area contributed by atoms with Gasteiger partial charge >= 0.3 is 0 Å². The maximum absolute atomic E-state index is 11.9. The molecule has 0 aromatic rings. The molecule has 0 saturated carbocycles. The van der Waals surface area contributed by atoms with E-state index in [1.165, 1.54) is 0 Å². The maximum Gasteiger partial charge on any atom is 0.265 e. The van der Waals surface area contributed by atoms with Crippen molar-refractivity contribution in [3.8, 4) is 0 Å². The molecule has 0 nitrogen and oxygen atoms in total. The average molecular weight is 196 g/mol. The van der Waals surface area contributed by atoms with Crippen molar-refractivity contribution >= 4 is 9.52 Å². The zero-order valence-electron chi connectivity index (χ0n) is 5.28. The second kappa shape index (κ2) is 4.63. The third kappa shape index (κ3) is 4.28. The van der Waals surface area contributed by atoms with E-state index in [1.807, 2.05) is 0 Å². The summed E-state index contributed by atoms with van der Waals surface area (Å²) in [7, 11) is -2.67. The molecule has 0 aromatic heterocycles. The zero-order chi connectivity index (χ0) is 9.02. The smallest absolute Gasteiger partial charge is 0.246 e. The summed E-state index contributed by atoms with van der Waals surface area (Å²) in [5.41, 5.74) is 0. The van der Waals surface area contributed by atoms with Gasteiger partial charge in [0.2, 0.25) is 0 Å². The van der Waals surface area contributed by atoms with Gasteiger partial charge in [0.1, 0.15) is 21.1 Å². The van der Waals surface area contributed by atoms with Crippen LogP contribution in [-0.4, -0.2) is 34.0 Å². The Morgan fingerprint density at radius 3 is 1.09 bits per heavy atom. The lowest BCUT2D eigenvalue weighted by Crippen LogP contribution is -2.32. The quantitative estimate of drug-likeness (QED) is 0.469. The Bertz CT molecular complexity index is 94.8. The molecular weight excluding hydrogens is 190 g/mol. The van der Waals surface area contributed by atoms with Crippen LogP contribution in [0.1, 0.15) is 0 Å². The second-order valence-electron chi connectivity index (χ2n) is 1.94. The Hall–Kier alpha value is -0.203. The highest BCUT2D eigenvalue weighted by Gasteiger charge is 2.29. The van der Waals surface area contributed by atoms with Crippen LogP contribution >= 0.6 is 0 Å². The number of halogens is 6. The van der Waals surface area contributed by atoms with Crippen molar-refractivity contribution in [1.29, 1.82) is 0 Å². The Balaban J connectivity index is 3.66. The summed E-state index contributed by atoms with van der Waals surface area (Å²) in [5.74, 6) is -5.34. The highest BCUT2D eigenvalue weighted by molar-refractivity contribution is 6.39. The van der Waals surface area contributed by atoms with Gasteiger partial charge in [-0.25, -0.2) is 26.3 Å². The van der Waals surface area contributed by atoms with Gasteiger partial charge in [0.15, 0.2) is 0 Å². The van der Waals surface area contributed by atoms with Crippen LogP contribution < -0.4 is 0 Å². The number of hydrogen-bond donors (Lipinski definition) is 0. The molecular formula is C4H6F6Si. The minimum atomic E-state index is -3.33. The van der Waals surface area contributed by atoms with E-state index in [0.717, 1.165) is 0 Å². The summed E-state index contributed by atoms with van der Waals surface area (Å²) in [5, 5.41) is 0. The molecule has 0 spiro atoms. The molecule has 0 heterocycles. The summed E-state index contributed by atoms with van der Waals surface area (Å²) >= 11 is 0. The fourth-order valence-electron chi connectivity index (χ4n) is 0.421. The monoisotopic (exact) mass is 196 g/mol. The van der Waals surface area contributed by atoms with E-state index in [4.69, 9.17) is 0 Å². The van der Waals surface area contributed by atoms with E-state index >= 15 is 0 Å². The summed E-state index contributed by atoms with van der Waals surface area (Å²) in [6.07, 6.45) is -6.67. The molecule has 2 atom stereocenters. The summed E-state index contributed by atoms with van der Waals surface area (Å²) in [6, 6.07) is 0. The van der Waals surface area contributed by atoms with Crippen LogP contribution in [0.25, 0.3) is 0 Å². The van der Waals surface area contributed by atoms with Gasteiger partial charge in [0.25, 0.3) is 12.9 Å². The first kappa shape index (κ1) is 10.8. The molecule has 0 rings (SSSR count). The Labute approximate surface area is 61.4 Å². The number of hydrogen-bond acceptors (Lipinski definition) is 0. The number of alkyl halides is 6. The number of rotatable bonds is 4. The second-order valence-corrected chi connectivity index (χ2v) is 3.97. The minimum Gasteiger partial charge on any atom is -0.246 e. The molecule has 0 amide bonds. The predicted molar refractivity (Wildman–Crippen MR) is 30.3 cm³/mol. The van der Waals surface area contributed by atoms with Gasteiger partial charge in [-0.2, -0.15) is 0 Å². The van der Waals surface area contributed by atoms with Crippen LogP contribution in [0.15, 0.2) is 0 Å². The molecule has 0 radical (unpaired) electrons. The molecule has 7 heteroatoms. The van der Waals surface area contributed by atoms with Crippen LogP contribution in [-0.2, 0) is 0 Å². The van der Waals surface area contributed by atoms with Crippen molar-refractivity contribution in [1.82, 2.24) is 0 Å². The van der Waals surface area contributed by atoms with Crippen LogP contribution in [0.2, 0.25) is 0 Å². The first-order valence-electron chi connectivity index (χ1n) is 2.79. The van der Waals surface area contributed by atoms with Crippen LogP contribution in [0.3, 0.4) is 0 Å². The normalized spacial score (nSPS) is 18.5. The van der Waals surface area contributed by atoms with Gasteiger partial charge in [0.05, 0.1) is 0 Å². The Morgan fingerprint density at radius 1 is 0.636 bits per heavy atom.